The molecular formula is C13H25ClN2O. The average Bonchev–Trinajstić information content (AvgIpc) is 2.67. The fourth-order valence-electron chi connectivity index (χ4n) is 2.69. The lowest BCUT2D eigenvalue weighted by atomic mass is 10.0. The Morgan fingerprint density at radius 2 is 1.88 bits per heavy atom. The largest absolute Gasteiger partial charge is 0.356 e. The Morgan fingerprint density at radius 3 is 2.47 bits per heavy atom. The van der Waals surface area contributed by atoms with E-state index in [9.17, 15) is 4.79 Å². The van der Waals surface area contributed by atoms with Crippen molar-refractivity contribution < 1.29 is 4.79 Å². The quantitative estimate of drug-likeness (QED) is 0.719. The number of carbonyl (C=O) groups excluding carboxylic acids is 1. The second-order valence-electron chi connectivity index (χ2n) is 5.29. The van der Waals surface area contributed by atoms with Crippen LogP contribution in [0.5, 0.6) is 0 Å². The first-order valence-corrected chi connectivity index (χ1v) is 6.84. The molecule has 0 aromatic rings. The summed E-state index contributed by atoms with van der Waals surface area (Å²) in [5.74, 6) is 1.49. The Kier molecular flexibility index (Phi) is 6.90. The second kappa shape index (κ2) is 7.93. The Labute approximate surface area is 111 Å². The number of unbranched alkanes of at least 4 members (excludes halogenated alkanes) is 1. The van der Waals surface area contributed by atoms with Crippen molar-refractivity contribution in [2.45, 2.75) is 44.9 Å². The number of carbonyl (C=O) groups is 1. The number of nitrogens with one attached hydrogen (secondary N) is 2. The lowest BCUT2D eigenvalue weighted by Gasteiger charge is -2.25. The molecule has 0 spiro atoms. The minimum Gasteiger partial charge on any atom is -0.356 e. The molecule has 1 aliphatic heterocycles. The maximum atomic E-state index is 11.5. The minimum absolute atomic E-state index is 0. The SMILES string of the molecule is Cl.O=C(NCCCCC1CCCC1)C1CNC1. The van der Waals surface area contributed by atoms with Crippen LogP contribution in [0.4, 0.5) is 0 Å². The van der Waals surface area contributed by atoms with Gasteiger partial charge in [0, 0.05) is 19.6 Å². The van der Waals surface area contributed by atoms with Gasteiger partial charge in [-0.05, 0) is 12.3 Å². The lowest BCUT2D eigenvalue weighted by Crippen LogP contribution is -2.50. The molecule has 17 heavy (non-hydrogen) atoms. The van der Waals surface area contributed by atoms with Crippen molar-refractivity contribution in [3.63, 3.8) is 0 Å². The number of halogens is 1. The van der Waals surface area contributed by atoms with Crippen LogP contribution < -0.4 is 10.6 Å². The van der Waals surface area contributed by atoms with E-state index in [1.807, 2.05) is 0 Å². The molecule has 2 fully saturated rings. The van der Waals surface area contributed by atoms with Crippen molar-refractivity contribution in [1.82, 2.24) is 10.6 Å². The predicted octanol–water partition coefficient (Wildman–Crippen LogP) is 2.10. The average molecular weight is 261 g/mol. The molecule has 4 heteroatoms. The highest BCUT2D eigenvalue weighted by molar-refractivity contribution is 5.85. The van der Waals surface area contributed by atoms with E-state index in [1.54, 1.807) is 0 Å². The van der Waals surface area contributed by atoms with Crippen molar-refractivity contribution in [1.29, 1.82) is 0 Å². The number of hydrogen-bond acceptors (Lipinski definition) is 2. The molecule has 1 heterocycles. The van der Waals surface area contributed by atoms with Crippen LogP contribution in [0, 0.1) is 11.8 Å². The van der Waals surface area contributed by atoms with E-state index >= 15 is 0 Å². The molecule has 2 N–H and O–H groups in total. The van der Waals surface area contributed by atoms with Gasteiger partial charge in [0.05, 0.1) is 5.92 Å². The third-order valence-electron chi connectivity index (χ3n) is 3.97. The molecule has 0 unspecified atom stereocenters. The predicted molar refractivity (Wildman–Crippen MR) is 72.4 cm³/mol. The van der Waals surface area contributed by atoms with Crippen LogP contribution in [0.25, 0.3) is 0 Å². The van der Waals surface area contributed by atoms with Crippen LogP contribution >= 0.6 is 12.4 Å². The van der Waals surface area contributed by atoms with Gasteiger partial charge >= 0.3 is 0 Å². The first kappa shape index (κ1) is 14.8. The van der Waals surface area contributed by atoms with Crippen LogP contribution in [-0.2, 0) is 4.79 Å². The highest BCUT2D eigenvalue weighted by Gasteiger charge is 2.24. The number of hydrogen-bond donors (Lipinski definition) is 2. The summed E-state index contributed by atoms with van der Waals surface area (Å²) in [6.07, 6.45) is 9.59. The molecule has 1 saturated carbocycles. The second-order valence-corrected chi connectivity index (χ2v) is 5.29. The van der Waals surface area contributed by atoms with Gasteiger partial charge in [-0.15, -0.1) is 12.4 Å². The van der Waals surface area contributed by atoms with Gasteiger partial charge in [0.1, 0.15) is 0 Å². The summed E-state index contributed by atoms with van der Waals surface area (Å²) in [6, 6.07) is 0. The fraction of sp³-hybridized carbons (Fsp3) is 0.923. The van der Waals surface area contributed by atoms with E-state index in [0.717, 1.165) is 32.0 Å². The molecule has 1 amide bonds. The number of rotatable bonds is 6. The Balaban J connectivity index is 0.00000144. The standard InChI is InChI=1S/C13H24N2O.ClH/c16-13(12-9-14-10-12)15-8-4-3-7-11-5-1-2-6-11;/h11-12,14H,1-10H2,(H,15,16);1H. The van der Waals surface area contributed by atoms with Gasteiger partial charge in [-0.3, -0.25) is 4.79 Å². The molecule has 0 aromatic carbocycles. The van der Waals surface area contributed by atoms with Crippen LogP contribution in [0.1, 0.15) is 44.9 Å². The molecule has 1 saturated heterocycles. The summed E-state index contributed by atoms with van der Waals surface area (Å²) in [5.41, 5.74) is 0. The van der Waals surface area contributed by atoms with Crippen LogP contribution in [-0.4, -0.2) is 25.5 Å². The molecule has 2 aliphatic rings. The van der Waals surface area contributed by atoms with Gasteiger partial charge in [0.15, 0.2) is 0 Å². The first-order valence-electron chi connectivity index (χ1n) is 6.84. The Hall–Kier alpha value is -0.280. The maximum Gasteiger partial charge on any atom is 0.225 e. The Morgan fingerprint density at radius 1 is 1.18 bits per heavy atom. The highest BCUT2D eigenvalue weighted by atomic mass is 35.5. The van der Waals surface area contributed by atoms with Gasteiger partial charge in [-0.25, -0.2) is 0 Å². The monoisotopic (exact) mass is 260 g/mol. The van der Waals surface area contributed by atoms with Crippen LogP contribution in [0.2, 0.25) is 0 Å². The van der Waals surface area contributed by atoms with E-state index in [4.69, 9.17) is 0 Å². The molecule has 2 rings (SSSR count). The van der Waals surface area contributed by atoms with E-state index in [1.165, 1.54) is 38.5 Å². The van der Waals surface area contributed by atoms with Gasteiger partial charge < -0.3 is 10.6 Å². The molecule has 1 aliphatic carbocycles. The highest BCUT2D eigenvalue weighted by Crippen LogP contribution is 2.28. The Bertz CT molecular complexity index is 225. The fourth-order valence-corrected chi connectivity index (χ4v) is 2.69. The van der Waals surface area contributed by atoms with E-state index in [-0.39, 0.29) is 24.2 Å². The topological polar surface area (TPSA) is 41.1 Å². The molecular weight excluding hydrogens is 236 g/mol. The summed E-state index contributed by atoms with van der Waals surface area (Å²) in [7, 11) is 0. The minimum atomic E-state index is 0. The summed E-state index contributed by atoms with van der Waals surface area (Å²) in [6.45, 7) is 2.61. The summed E-state index contributed by atoms with van der Waals surface area (Å²) in [4.78, 5) is 11.5. The van der Waals surface area contributed by atoms with E-state index in [2.05, 4.69) is 10.6 Å². The van der Waals surface area contributed by atoms with Gasteiger partial charge in [0.25, 0.3) is 0 Å². The summed E-state index contributed by atoms with van der Waals surface area (Å²) < 4.78 is 0. The van der Waals surface area contributed by atoms with Crippen molar-refractivity contribution in [3.05, 3.63) is 0 Å². The zero-order valence-corrected chi connectivity index (χ0v) is 11.4. The molecule has 0 radical (unpaired) electrons. The first-order chi connectivity index (χ1) is 7.86. The molecule has 0 aromatic heterocycles. The summed E-state index contributed by atoms with van der Waals surface area (Å²) in [5, 5.41) is 6.15. The third-order valence-corrected chi connectivity index (χ3v) is 3.97. The van der Waals surface area contributed by atoms with Crippen LogP contribution in [0.3, 0.4) is 0 Å². The molecule has 0 bridgehead atoms. The number of amides is 1. The van der Waals surface area contributed by atoms with Crippen molar-refractivity contribution in [2.24, 2.45) is 11.8 Å². The van der Waals surface area contributed by atoms with Crippen LogP contribution in [0.15, 0.2) is 0 Å². The smallest absolute Gasteiger partial charge is 0.225 e. The van der Waals surface area contributed by atoms with Gasteiger partial charge in [-0.2, -0.15) is 0 Å². The maximum absolute atomic E-state index is 11.5. The van der Waals surface area contributed by atoms with E-state index in [0.29, 0.717) is 0 Å². The zero-order valence-electron chi connectivity index (χ0n) is 10.5. The molecule has 3 nitrogen and oxygen atoms in total. The lowest BCUT2D eigenvalue weighted by molar-refractivity contribution is -0.126. The molecule has 0 atom stereocenters. The van der Waals surface area contributed by atoms with E-state index < -0.39 is 0 Å². The van der Waals surface area contributed by atoms with Crippen molar-refractivity contribution in [3.8, 4) is 0 Å². The summed E-state index contributed by atoms with van der Waals surface area (Å²) >= 11 is 0. The third kappa shape index (κ3) is 4.84. The van der Waals surface area contributed by atoms with Crippen molar-refractivity contribution in [2.75, 3.05) is 19.6 Å². The van der Waals surface area contributed by atoms with Crippen molar-refractivity contribution >= 4 is 18.3 Å². The molecule has 100 valence electrons. The normalized spacial score (nSPS) is 20.7. The van der Waals surface area contributed by atoms with Gasteiger partial charge in [0.2, 0.25) is 5.91 Å². The van der Waals surface area contributed by atoms with Gasteiger partial charge in [-0.1, -0.05) is 38.5 Å². The zero-order chi connectivity index (χ0) is 11.2.